The van der Waals surface area contributed by atoms with Crippen LogP contribution in [0.15, 0.2) is 53.4 Å². The van der Waals surface area contributed by atoms with E-state index in [0.29, 0.717) is 34.0 Å². The zero-order valence-electron chi connectivity index (χ0n) is 19.6. The van der Waals surface area contributed by atoms with E-state index in [1.807, 2.05) is 13.8 Å². The van der Waals surface area contributed by atoms with Crippen molar-refractivity contribution in [3.63, 3.8) is 0 Å². The Balaban J connectivity index is 0.00000432. The van der Waals surface area contributed by atoms with Gasteiger partial charge in [0.05, 0.1) is 20.0 Å². The van der Waals surface area contributed by atoms with E-state index in [-0.39, 0.29) is 28.9 Å². The molecule has 0 saturated heterocycles. The number of sulfone groups is 1. The highest BCUT2D eigenvalue weighted by Crippen LogP contribution is 2.31. The Hall–Kier alpha value is -2.86. The molecule has 0 saturated carbocycles. The Labute approximate surface area is 214 Å². The van der Waals surface area contributed by atoms with Gasteiger partial charge in [-0.05, 0) is 42.9 Å². The van der Waals surface area contributed by atoms with Crippen LogP contribution >= 0.6 is 23.7 Å². The summed E-state index contributed by atoms with van der Waals surface area (Å²) in [5.74, 6) is -0.318. The van der Waals surface area contributed by atoms with Crippen molar-refractivity contribution in [2.75, 3.05) is 37.3 Å². The van der Waals surface area contributed by atoms with Crippen LogP contribution in [0.4, 0.5) is 10.8 Å². The van der Waals surface area contributed by atoms with Crippen molar-refractivity contribution in [3.8, 4) is 0 Å². The fourth-order valence-corrected chi connectivity index (χ4v) is 5.08. The highest BCUT2D eigenvalue weighted by Gasteiger charge is 2.20. The number of carbonyl (C=O) groups is 1. The van der Waals surface area contributed by atoms with E-state index in [9.17, 15) is 23.3 Å². The van der Waals surface area contributed by atoms with Crippen molar-refractivity contribution in [3.05, 3.63) is 64.2 Å². The number of thiazole rings is 1. The van der Waals surface area contributed by atoms with Crippen LogP contribution in [0.3, 0.4) is 0 Å². The third-order valence-corrected chi connectivity index (χ3v) is 7.46. The number of likely N-dealkylation sites (N-methyl/N-ethyl adjacent to an activating group) is 1. The van der Waals surface area contributed by atoms with Gasteiger partial charge in [-0.15, -0.1) is 12.4 Å². The molecule has 2 aromatic carbocycles. The minimum Gasteiger partial charge on any atom is -0.302 e. The lowest BCUT2D eigenvalue weighted by Crippen LogP contribution is -2.38. The predicted octanol–water partition coefficient (Wildman–Crippen LogP) is 4.42. The van der Waals surface area contributed by atoms with Crippen molar-refractivity contribution in [2.24, 2.45) is 0 Å². The summed E-state index contributed by atoms with van der Waals surface area (Å²) in [6, 6.07) is 10.7. The SMILES string of the molecule is CCN(CC)CCN(C(=O)C=Cc1cccc([N+](=O)[O-])c1)c1nc2ccc(S(C)(=O)=O)cc2s1.Cl. The zero-order chi connectivity index (χ0) is 24.9. The maximum atomic E-state index is 13.2. The summed E-state index contributed by atoms with van der Waals surface area (Å²) in [5, 5.41) is 11.5. The number of rotatable bonds is 10. The number of non-ortho nitro benzene ring substituents is 1. The summed E-state index contributed by atoms with van der Waals surface area (Å²) in [5.41, 5.74) is 1.09. The number of amides is 1. The van der Waals surface area contributed by atoms with Crippen LogP contribution in [0.25, 0.3) is 16.3 Å². The Kier molecular flexibility index (Phi) is 9.90. The van der Waals surface area contributed by atoms with Gasteiger partial charge in [0.25, 0.3) is 11.6 Å². The van der Waals surface area contributed by atoms with Gasteiger partial charge in [0, 0.05) is 37.6 Å². The Morgan fingerprint density at radius 2 is 1.86 bits per heavy atom. The molecule has 9 nitrogen and oxygen atoms in total. The van der Waals surface area contributed by atoms with E-state index in [4.69, 9.17) is 0 Å². The highest BCUT2D eigenvalue weighted by atomic mass is 35.5. The lowest BCUT2D eigenvalue weighted by atomic mass is 10.2. The maximum Gasteiger partial charge on any atom is 0.270 e. The summed E-state index contributed by atoms with van der Waals surface area (Å²) < 4.78 is 24.5. The second kappa shape index (κ2) is 12.2. The Morgan fingerprint density at radius 1 is 1.14 bits per heavy atom. The lowest BCUT2D eigenvalue weighted by Gasteiger charge is -2.23. The van der Waals surface area contributed by atoms with Crippen molar-refractivity contribution in [2.45, 2.75) is 18.7 Å². The Bertz CT molecular complexity index is 1340. The van der Waals surface area contributed by atoms with Crippen molar-refractivity contribution < 1.29 is 18.1 Å². The number of carbonyl (C=O) groups excluding carboxylic acids is 1. The Morgan fingerprint density at radius 3 is 2.49 bits per heavy atom. The van der Waals surface area contributed by atoms with Gasteiger partial charge in [-0.2, -0.15) is 0 Å². The molecule has 0 radical (unpaired) electrons. The highest BCUT2D eigenvalue weighted by molar-refractivity contribution is 7.90. The molecule has 0 aliphatic heterocycles. The number of halogens is 1. The van der Waals surface area contributed by atoms with Gasteiger partial charge in [-0.1, -0.05) is 37.3 Å². The van der Waals surface area contributed by atoms with Crippen LogP contribution in [0.1, 0.15) is 19.4 Å². The first-order valence-electron chi connectivity index (χ1n) is 10.7. The lowest BCUT2D eigenvalue weighted by molar-refractivity contribution is -0.384. The molecule has 12 heteroatoms. The molecule has 0 aliphatic carbocycles. The van der Waals surface area contributed by atoms with Crippen molar-refractivity contribution in [1.29, 1.82) is 0 Å². The van der Waals surface area contributed by atoms with Gasteiger partial charge in [0.1, 0.15) is 0 Å². The molecule has 0 fully saturated rings. The smallest absolute Gasteiger partial charge is 0.270 e. The number of benzene rings is 2. The average Bonchev–Trinajstić information content (AvgIpc) is 3.23. The molecule has 35 heavy (non-hydrogen) atoms. The van der Waals surface area contributed by atoms with Gasteiger partial charge in [0.2, 0.25) is 0 Å². The number of nitro groups is 1. The van der Waals surface area contributed by atoms with Crippen molar-refractivity contribution >= 4 is 66.6 Å². The largest absolute Gasteiger partial charge is 0.302 e. The molecule has 0 N–H and O–H groups in total. The molecule has 3 aromatic rings. The van der Waals surface area contributed by atoms with Gasteiger partial charge < -0.3 is 4.90 Å². The van der Waals surface area contributed by atoms with E-state index in [2.05, 4.69) is 9.88 Å². The maximum absolute atomic E-state index is 13.2. The van der Waals surface area contributed by atoms with Gasteiger partial charge in [-0.3, -0.25) is 19.8 Å². The van der Waals surface area contributed by atoms with E-state index in [1.165, 1.54) is 41.7 Å². The first kappa shape index (κ1) is 28.4. The minimum absolute atomic E-state index is 0. The molecule has 0 spiro atoms. The minimum atomic E-state index is -3.37. The number of hydrogen-bond donors (Lipinski definition) is 0. The fourth-order valence-electron chi connectivity index (χ4n) is 3.32. The number of hydrogen-bond acceptors (Lipinski definition) is 8. The topological polar surface area (TPSA) is 114 Å². The van der Waals surface area contributed by atoms with E-state index < -0.39 is 14.8 Å². The van der Waals surface area contributed by atoms with Crippen molar-refractivity contribution in [1.82, 2.24) is 9.88 Å². The third-order valence-electron chi connectivity index (χ3n) is 5.31. The van der Waals surface area contributed by atoms with Crippen LogP contribution < -0.4 is 4.90 Å². The van der Waals surface area contributed by atoms with Crippen LogP contribution in [0.5, 0.6) is 0 Å². The second-order valence-corrected chi connectivity index (χ2v) is 10.6. The molecular formula is C23H27ClN4O5S2. The van der Waals surface area contributed by atoms with E-state index in [0.717, 1.165) is 19.3 Å². The standard InChI is InChI=1S/C23H26N4O5S2.ClH/c1-4-25(5-2)13-14-26(22(28)12-9-17-7-6-8-18(15-17)27(29)30)23-24-20-11-10-19(34(3,31)32)16-21(20)33-23;/h6-12,15-16H,4-5,13-14H2,1-3H3;1H. The average molecular weight is 539 g/mol. The second-order valence-electron chi connectivity index (χ2n) is 7.60. The normalized spacial score (nSPS) is 11.7. The summed E-state index contributed by atoms with van der Waals surface area (Å²) in [6.45, 7) is 6.77. The molecule has 188 valence electrons. The quantitative estimate of drug-likeness (QED) is 0.213. The number of aromatic nitrogens is 1. The van der Waals surface area contributed by atoms with Crippen LogP contribution in [0.2, 0.25) is 0 Å². The molecule has 1 aromatic heterocycles. The van der Waals surface area contributed by atoms with Gasteiger partial charge >= 0.3 is 0 Å². The summed E-state index contributed by atoms with van der Waals surface area (Å²) in [7, 11) is -3.37. The van der Waals surface area contributed by atoms with Crippen LogP contribution in [-0.4, -0.2) is 61.6 Å². The van der Waals surface area contributed by atoms with Crippen LogP contribution in [-0.2, 0) is 14.6 Å². The molecule has 0 aliphatic rings. The summed E-state index contributed by atoms with van der Waals surface area (Å²) in [6.07, 6.45) is 4.05. The zero-order valence-corrected chi connectivity index (χ0v) is 22.0. The molecule has 1 heterocycles. The first-order valence-corrected chi connectivity index (χ1v) is 13.4. The molecule has 1 amide bonds. The number of nitro benzene ring substituents is 1. The molecule has 0 unspecified atom stereocenters. The van der Waals surface area contributed by atoms with Gasteiger partial charge in [0.15, 0.2) is 15.0 Å². The van der Waals surface area contributed by atoms with Crippen LogP contribution in [0, 0.1) is 10.1 Å². The first-order chi connectivity index (χ1) is 16.1. The molecule has 0 bridgehead atoms. The molecule has 3 rings (SSSR count). The summed E-state index contributed by atoms with van der Waals surface area (Å²) in [4.78, 5) is 32.2. The van der Waals surface area contributed by atoms with E-state index >= 15 is 0 Å². The molecule has 0 atom stereocenters. The number of anilines is 1. The monoisotopic (exact) mass is 538 g/mol. The summed E-state index contributed by atoms with van der Waals surface area (Å²) >= 11 is 1.25. The third kappa shape index (κ3) is 7.31. The molecular weight excluding hydrogens is 512 g/mol. The number of nitrogens with zero attached hydrogens (tertiary/aromatic N) is 4. The fraction of sp³-hybridized carbons (Fsp3) is 0.304. The van der Waals surface area contributed by atoms with Gasteiger partial charge in [-0.25, -0.2) is 13.4 Å². The predicted molar refractivity (Wildman–Crippen MR) is 142 cm³/mol. The number of fused-ring (bicyclic) bond motifs is 1. The van der Waals surface area contributed by atoms with E-state index in [1.54, 1.807) is 29.2 Å².